The lowest BCUT2D eigenvalue weighted by Crippen LogP contribution is -2.64. The number of rotatable bonds is 16. The number of benzene rings is 3. The monoisotopic (exact) mass is 934 g/mol. The van der Waals surface area contributed by atoms with Crippen LogP contribution in [0.4, 0.5) is 13.2 Å². The fourth-order valence-electron chi connectivity index (χ4n) is 9.64. The van der Waals surface area contributed by atoms with Gasteiger partial charge in [-0.2, -0.15) is 13.2 Å². The molecule has 0 spiro atoms. The summed E-state index contributed by atoms with van der Waals surface area (Å²) in [7, 11) is 1.26. The van der Waals surface area contributed by atoms with E-state index >= 15 is 0 Å². The van der Waals surface area contributed by atoms with Gasteiger partial charge in [-0.3, -0.25) is 24.0 Å². The Morgan fingerprint density at radius 1 is 0.803 bits per heavy atom. The molecule has 0 aromatic heterocycles. The normalized spacial score (nSPS) is 17.2. The molecule has 1 heterocycles. The number of ether oxygens (including phenoxy) is 1. The van der Waals surface area contributed by atoms with Gasteiger partial charge in [-0.1, -0.05) is 149 Å². The van der Waals surface area contributed by atoms with Crippen LogP contribution >= 0.6 is 11.6 Å². The number of alkyl halides is 3. The van der Waals surface area contributed by atoms with Gasteiger partial charge in [-0.15, -0.1) is 6.58 Å². The molecule has 2 aliphatic rings. The number of hydrogen-bond acceptors (Lipinski definition) is 6. The summed E-state index contributed by atoms with van der Waals surface area (Å²) in [5.74, 6) is -5.63. The van der Waals surface area contributed by atoms with Crippen molar-refractivity contribution in [3.8, 4) is 0 Å². The van der Waals surface area contributed by atoms with Crippen molar-refractivity contribution in [3.63, 3.8) is 0 Å². The molecule has 10 nitrogen and oxygen atoms in total. The standard InChI is InChI=1S/C52H66ClF3N4O6/c1-7-32-60(49(65)52(54,55)56)50(4,5)48(64)58(6)45(36(2)3)46(62)57-43(47(63)59-33-20-21-34-59)35-44(61)66-51(39-24-16-13-17-25-39,41-26-18-19-27-42(41)53)40-30-28-38(29-31-40)37-22-14-11-9-8-10-12-15-23-37/h7,13,16-19,24-31,36-37,43,45H,1,8-12,14-15,20-23,32-35H2,2-6H3,(H,57,62)/t43-,45-,51?/m0/s1. The molecule has 5 rings (SSSR count). The first kappa shape index (κ1) is 51.8. The zero-order chi connectivity index (χ0) is 48.2. The predicted octanol–water partition coefficient (Wildman–Crippen LogP) is 10.1. The summed E-state index contributed by atoms with van der Waals surface area (Å²) < 4.78 is 47.9. The molecule has 3 atom stereocenters. The number of carbonyl (C=O) groups excluding carboxylic acids is 5. The van der Waals surface area contributed by atoms with Crippen LogP contribution in [0.2, 0.25) is 5.02 Å². The highest BCUT2D eigenvalue weighted by Crippen LogP contribution is 2.45. The third-order valence-electron chi connectivity index (χ3n) is 13.1. The molecule has 1 aliphatic heterocycles. The molecule has 358 valence electrons. The number of likely N-dealkylation sites (N-methyl/N-ethyl adjacent to an activating group) is 1. The van der Waals surface area contributed by atoms with Crippen molar-refractivity contribution >= 4 is 41.2 Å². The number of likely N-dealkylation sites (tertiary alicyclic amines) is 1. The smallest absolute Gasteiger partial charge is 0.444 e. The van der Waals surface area contributed by atoms with Crippen molar-refractivity contribution in [2.45, 2.75) is 140 Å². The molecule has 4 amide bonds. The Labute approximate surface area is 393 Å². The third kappa shape index (κ3) is 12.2. The van der Waals surface area contributed by atoms with Gasteiger partial charge in [0.15, 0.2) is 5.60 Å². The molecule has 3 aromatic carbocycles. The highest BCUT2D eigenvalue weighted by Gasteiger charge is 2.51. The first-order chi connectivity index (χ1) is 31.3. The predicted molar refractivity (Wildman–Crippen MR) is 250 cm³/mol. The number of hydrogen-bond donors (Lipinski definition) is 1. The highest BCUT2D eigenvalue weighted by atomic mass is 35.5. The van der Waals surface area contributed by atoms with Crippen molar-refractivity contribution < 1.29 is 41.9 Å². The van der Waals surface area contributed by atoms with Gasteiger partial charge in [-0.05, 0) is 63.0 Å². The summed E-state index contributed by atoms with van der Waals surface area (Å²) in [4.78, 5) is 73.2. The average molecular weight is 936 g/mol. The molecule has 2 fully saturated rings. The van der Waals surface area contributed by atoms with Gasteiger partial charge in [0.05, 0.1) is 6.42 Å². The second-order valence-corrected chi connectivity index (χ2v) is 18.9. The van der Waals surface area contributed by atoms with E-state index in [-0.39, 0.29) is 0 Å². The molecule has 3 aromatic rings. The third-order valence-corrected chi connectivity index (χ3v) is 13.5. The summed E-state index contributed by atoms with van der Waals surface area (Å²) in [5.41, 5.74) is -0.772. The van der Waals surface area contributed by atoms with E-state index in [4.69, 9.17) is 16.3 Å². The summed E-state index contributed by atoms with van der Waals surface area (Å²) >= 11 is 7.02. The van der Waals surface area contributed by atoms with E-state index < -0.39 is 77.9 Å². The Bertz CT molecular complexity index is 2130. The van der Waals surface area contributed by atoms with E-state index in [0.717, 1.165) is 63.3 Å². The van der Waals surface area contributed by atoms with Gasteiger partial charge in [0.2, 0.25) is 17.7 Å². The van der Waals surface area contributed by atoms with Gasteiger partial charge in [0, 0.05) is 48.4 Å². The van der Waals surface area contributed by atoms with Crippen molar-refractivity contribution in [2.75, 3.05) is 26.7 Å². The summed E-state index contributed by atoms with van der Waals surface area (Å²) in [6.45, 7) is 9.25. The van der Waals surface area contributed by atoms with E-state index in [0.29, 0.717) is 45.6 Å². The van der Waals surface area contributed by atoms with Gasteiger partial charge in [0.25, 0.3) is 0 Å². The minimum absolute atomic E-state index is 0.336. The van der Waals surface area contributed by atoms with E-state index in [9.17, 15) is 37.1 Å². The van der Waals surface area contributed by atoms with Crippen LogP contribution in [0.5, 0.6) is 0 Å². The van der Waals surface area contributed by atoms with Crippen molar-refractivity contribution in [3.05, 3.63) is 119 Å². The van der Waals surface area contributed by atoms with Crippen LogP contribution in [0, 0.1) is 5.92 Å². The van der Waals surface area contributed by atoms with Crippen LogP contribution in [0.3, 0.4) is 0 Å². The van der Waals surface area contributed by atoms with Crippen LogP contribution in [0.15, 0.2) is 91.5 Å². The number of nitrogens with zero attached hydrogens (tertiary/aromatic N) is 3. The lowest BCUT2D eigenvalue weighted by atomic mass is 9.78. The zero-order valence-corrected chi connectivity index (χ0v) is 39.8. The van der Waals surface area contributed by atoms with Crippen molar-refractivity contribution in [2.24, 2.45) is 5.92 Å². The van der Waals surface area contributed by atoms with Crippen LogP contribution < -0.4 is 5.32 Å². The van der Waals surface area contributed by atoms with Crippen LogP contribution in [0.1, 0.15) is 133 Å². The first-order valence-corrected chi connectivity index (χ1v) is 23.7. The molecule has 1 saturated heterocycles. The number of esters is 1. The molecule has 0 bridgehead atoms. The molecule has 14 heteroatoms. The minimum atomic E-state index is -5.29. The molecule has 1 unspecified atom stereocenters. The molecular formula is C52H66ClF3N4O6. The highest BCUT2D eigenvalue weighted by molar-refractivity contribution is 6.31. The molecule has 0 radical (unpaired) electrons. The maximum absolute atomic E-state index is 14.8. The summed E-state index contributed by atoms with van der Waals surface area (Å²) in [6.07, 6.45) is 7.33. The Morgan fingerprint density at radius 2 is 1.35 bits per heavy atom. The number of carbonyl (C=O) groups is 5. The van der Waals surface area contributed by atoms with E-state index in [1.165, 1.54) is 44.7 Å². The maximum Gasteiger partial charge on any atom is 0.471 e. The molecule has 66 heavy (non-hydrogen) atoms. The van der Waals surface area contributed by atoms with Crippen molar-refractivity contribution in [1.29, 1.82) is 0 Å². The summed E-state index contributed by atoms with van der Waals surface area (Å²) in [6, 6.07) is 21.7. The van der Waals surface area contributed by atoms with E-state index in [1.54, 1.807) is 36.9 Å². The Hall–Kier alpha value is -5.17. The first-order valence-electron chi connectivity index (χ1n) is 23.3. The molecular weight excluding hydrogens is 869 g/mol. The second kappa shape index (κ2) is 23.0. The zero-order valence-electron chi connectivity index (χ0n) is 39.0. The van der Waals surface area contributed by atoms with Crippen LogP contribution in [-0.2, 0) is 34.3 Å². The Kier molecular flexibility index (Phi) is 18.1. The number of nitrogens with one attached hydrogen (secondary N) is 1. The van der Waals surface area contributed by atoms with Crippen LogP contribution in [0.25, 0.3) is 0 Å². The van der Waals surface area contributed by atoms with E-state index in [1.807, 2.05) is 48.5 Å². The van der Waals surface area contributed by atoms with Crippen molar-refractivity contribution in [1.82, 2.24) is 20.0 Å². The lowest BCUT2D eigenvalue weighted by molar-refractivity contribution is -0.192. The second-order valence-electron chi connectivity index (χ2n) is 18.5. The Morgan fingerprint density at radius 3 is 1.89 bits per heavy atom. The SMILES string of the molecule is C=CCN(C(=O)C(F)(F)F)C(C)(C)C(=O)N(C)[C@H](C(=O)N[C@@H](CC(=O)OC(c1ccccc1)(c1ccc(C2CCCCCCCCC2)cc1)c1ccccc1Cl)C(=O)N1CCCC1)C(C)C. The van der Waals surface area contributed by atoms with Crippen LogP contribution in [-0.4, -0.2) is 94.8 Å². The maximum atomic E-state index is 14.8. The molecule has 1 saturated carbocycles. The van der Waals surface area contributed by atoms with Gasteiger partial charge in [-0.25, -0.2) is 0 Å². The minimum Gasteiger partial charge on any atom is -0.444 e. The lowest BCUT2D eigenvalue weighted by Gasteiger charge is -2.42. The number of amides is 4. The average Bonchev–Trinajstić information content (AvgIpc) is 3.84. The summed E-state index contributed by atoms with van der Waals surface area (Å²) in [5, 5.41) is 3.08. The van der Waals surface area contributed by atoms with Gasteiger partial charge < -0.3 is 24.8 Å². The topological polar surface area (TPSA) is 116 Å². The fourth-order valence-corrected chi connectivity index (χ4v) is 9.91. The van der Waals surface area contributed by atoms with Gasteiger partial charge >= 0.3 is 18.1 Å². The van der Waals surface area contributed by atoms with Gasteiger partial charge in [0.1, 0.15) is 17.6 Å². The fraction of sp³-hybridized carbons (Fsp3) is 0.519. The quantitative estimate of drug-likeness (QED) is 0.0869. The largest absolute Gasteiger partial charge is 0.471 e. The van der Waals surface area contributed by atoms with E-state index in [2.05, 4.69) is 24.0 Å². The number of halogens is 4. The Balaban J connectivity index is 1.52. The molecule has 1 aliphatic carbocycles. The molecule has 1 N–H and O–H groups in total.